The van der Waals surface area contributed by atoms with Crippen molar-refractivity contribution in [2.24, 2.45) is 0 Å². The molecule has 0 aliphatic heterocycles. The number of alkyl halides is 3. The van der Waals surface area contributed by atoms with Crippen LogP contribution >= 0.6 is 7.14 Å². The van der Waals surface area contributed by atoms with Gasteiger partial charge in [-0.15, -0.1) is 0 Å². The minimum Gasteiger partial charge on any atom is -0.310 e. The highest BCUT2D eigenvalue weighted by Crippen LogP contribution is 2.68. The first-order valence-corrected chi connectivity index (χ1v) is 15.9. The molecule has 2 unspecified atom stereocenters. The lowest BCUT2D eigenvalue weighted by Crippen LogP contribution is -2.50. The van der Waals surface area contributed by atoms with Crippen LogP contribution in [-0.2, 0) is 18.9 Å². The van der Waals surface area contributed by atoms with Crippen LogP contribution in [0.2, 0.25) is 0 Å². The molecule has 0 N–H and O–H groups in total. The van der Waals surface area contributed by atoms with Crippen LogP contribution in [0.3, 0.4) is 0 Å². The van der Waals surface area contributed by atoms with Crippen LogP contribution in [0.25, 0.3) is 0 Å². The van der Waals surface area contributed by atoms with E-state index in [0.717, 1.165) is 22.3 Å². The first-order chi connectivity index (χ1) is 18.6. The normalized spacial score (nSPS) is 20.4. The van der Waals surface area contributed by atoms with E-state index in [9.17, 15) is 21.6 Å². The number of hydrogen-bond acceptors (Lipinski definition) is 4. The first-order valence-electron chi connectivity index (χ1n) is 12.8. The molecule has 4 rings (SSSR count). The van der Waals surface area contributed by atoms with Crippen molar-refractivity contribution in [3.63, 3.8) is 0 Å². The van der Waals surface area contributed by atoms with Gasteiger partial charge in [0.1, 0.15) is 0 Å². The molecule has 0 saturated carbocycles. The molecule has 0 amide bonds. The van der Waals surface area contributed by atoms with E-state index in [0.29, 0.717) is 11.1 Å². The van der Waals surface area contributed by atoms with Crippen LogP contribution < -0.4 is 10.6 Å². The highest BCUT2D eigenvalue weighted by molar-refractivity contribution is 7.88. The van der Waals surface area contributed by atoms with Crippen molar-refractivity contribution in [3.05, 3.63) is 118 Å². The van der Waals surface area contributed by atoms with E-state index >= 15 is 4.57 Å². The van der Waals surface area contributed by atoms with Gasteiger partial charge >= 0.3 is 15.6 Å². The summed E-state index contributed by atoms with van der Waals surface area (Å²) in [6, 6.07) is 19.7. The third kappa shape index (κ3) is 4.70. The molecule has 3 aromatic carbocycles. The van der Waals surface area contributed by atoms with Crippen LogP contribution in [0.15, 0.2) is 95.6 Å². The van der Waals surface area contributed by atoms with Gasteiger partial charge in [-0.1, -0.05) is 84.4 Å². The average Bonchev–Trinajstić information content (AvgIpc) is 2.91. The molecule has 1 aliphatic carbocycles. The van der Waals surface area contributed by atoms with E-state index in [2.05, 4.69) is 0 Å². The molecule has 40 heavy (non-hydrogen) atoms. The molecule has 0 spiro atoms. The van der Waals surface area contributed by atoms with E-state index in [1.807, 2.05) is 32.9 Å². The van der Waals surface area contributed by atoms with Gasteiger partial charge in [0.15, 0.2) is 12.5 Å². The average molecular weight is 589 g/mol. The number of hydrogen-bond donors (Lipinski definition) is 0. The van der Waals surface area contributed by atoms with Crippen LogP contribution in [-0.4, -0.2) is 19.3 Å². The Hall–Kier alpha value is -2.93. The molecule has 0 heterocycles. The van der Waals surface area contributed by atoms with Gasteiger partial charge in [-0.2, -0.15) is 21.6 Å². The van der Waals surface area contributed by atoms with Crippen molar-refractivity contribution < 1.29 is 30.3 Å². The maximum atomic E-state index is 16.0. The number of benzene rings is 3. The fourth-order valence-corrected chi connectivity index (χ4v) is 10.4. The molecule has 212 valence electrons. The van der Waals surface area contributed by atoms with Crippen molar-refractivity contribution in [2.75, 3.05) is 0 Å². The fraction of sp³-hybridized carbons (Fsp3) is 0.290. The van der Waals surface area contributed by atoms with Crippen molar-refractivity contribution >= 4 is 27.9 Å². The van der Waals surface area contributed by atoms with Gasteiger partial charge in [-0.25, -0.2) is 4.18 Å². The number of halogens is 3. The monoisotopic (exact) mass is 588 g/mol. The lowest BCUT2D eigenvalue weighted by molar-refractivity contribution is -0.0585. The van der Waals surface area contributed by atoms with Crippen LogP contribution in [0.1, 0.15) is 48.9 Å². The van der Waals surface area contributed by atoms with Crippen molar-refractivity contribution in [1.82, 2.24) is 0 Å². The third-order valence-corrected chi connectivity index (χ3v) is 12.9. The molecule has 1 aliphatic rings. The fourth-order valence-electron chi connectivity index (χ4n) is 5.48. The second kappa shape index (κ2) is 10.5. The largest absolute Gasteiger partial charge is 0.523 e. The zero-order valence-electron chi connectivity index (χ0n) is 23.2. The Morgan fingerprint density at radius 1 is 0.800 bits per heavy atom. The Bertz CT molecular complexity index is 1590. The Kier molecular flexibility index (Phi) is 7.87. The standard InChI is InChI=1S/C31H32F3O4PS/c1-20-17-26(18-21(2)23(20)4)29-19-22(3)24(5)25(6)30(29,38-40(36,37)31(32,33)34)39(35,27-13-9-7-10-14-27)28-15-11-8-12-16-28/h7-19,29H,1-6H3. The van der Waals surface area contributed by atoms with Gasteiger partial charge < -0.3 is 4.57 Å². The molecular formula is C31H32F3O4PS. The topological polar surface area (TPSA) is 60.4 Å². The summed E-state index contributed by atoms with van der Waals surface area (Å²) in [6.07, 6.45) is 1.69. The molecule has 0 aromatic heterocycles. The molecule has 0 fully saturated rings. The van der Waals surface area contributed by atoms with Gasteiger partial charge in [0.05, 0.1) is 0 Å². The van der Waals surface area contributed by atoms with Gasteiger partial charge in [0, 0.05) is 16.5 Å². The summed E-state index contributed by atoms with van der Waals surface area (Å²) in [6.45, 7) is 10.7. The summed E-state index contributed by atoms with van der Waals surface area (Å²) in [5, 5.41) is -2.09. The number of allylic oxidation sites excluding steroid dienone is 2. The minimum atomic E-state index is -6.23. The summed E-state index contributed by atoms with van der Waals surface area (Å²) in [4.78, 5) is 0. The third-order valence-electron chi connectivity index (χ3n) is 8.07. The lowest BCUT2D eigenvalue weighted by atomic mass is 9.78. The highest BCUT2D eigenvalue weighted by atomic mass is 32.2. The summed E-state index contributed by atoms with van der Waals surface area (Å²) in [7, 11) is -10.6. The molecule has 9 heteroatoms. The van der Waals surface area contributed by atoms with E-state index < -0.39 is 34.0 Å². The Morgan fingerprint density at radius 3 is 1.68 bits per heavy atom. The zero-order chi connectivity index (χ0) is 29.7. The second-order valence-electron chi connectivity index (χ2n) is 10.3. The summed E-state index contributed by atoms with van der Waals surface area (Å²) in [5.74, 6) is -1.14. The molecule has 2 atom stereocenters. The van der Waals surface area contributed by atoms with E-state index in [1.54, 1.807) is 80.6 Å². The molecule has 4 nitrogen and oxygen atoms in total. The van der Waals surface area contributed by atoms with Gasteiger partial charge in [-0.05, 0) is 74.9 Å². The lowest BCUT2D eigenvalue weighted by Gasteiger charge is -2.48. The van der Waals surface area contributed by atoms with Gasteiger partial charge in [0.25, 0.3) is 0 Å². The van der Waals surface area contributed by atoms with Crippen molar-refractivity contribution in [1.29, 1.82) is 0 Å². The SMILES string of the molecule is CC1=CC(c2cc(C)c(C)c(C)c2)C(OS(=O)(=O)C(F)(F)F)(P(=O)(c2ccccc2)c2ccccc2)C(C)=C1C. The summed E-state index contributed by atoms with van der Waals surface area (Å²) >= 11 is 0. The van der Waals surface area contributed by atoms with E-state index in [4.69, 9.17) is 4.18 Å². The molecule has 0 radical (unpaired) electrons. The summed E-state index contributed by atoms with van der Waals surface area (Å²) < 4.78 is 89.9. The molecular weight excluding hydrogens is 556 g/mol. The smallest absolute Gasteiger partial charge is 0.310 e. The van der Waals surface area contributed by atoms with E-state index in [1.165, 1.54) is 6.92 Å². The minimum absolute atomic E-state index is 0.164. The molecule has 3 aromatic rings. The first kappa shape index (κ1) is 30.0. The van der Waals surface area contributed by atoms with Crippen molar-refractivity contribution in [3.8, 4) is 0 Å². The zero-order valence-corrected chi connectivity index (χ0v) is 24.9. The second-order valence-corrected chi connectivity index (χ2v) is 14.8. The van der Waals surface area contributed by atoms with Crippen molar-refractivity contribution in [2.45, 2.75) is 58.3 Å². The van der Waals surface area contributed by atoms with Gasteiger partial charge in [0.2, 0.25) is 0 Å². The predicted octanol–water partition coefficient (Wildman–Crippen LogP) is 7.57. The molecule has 0 saturated heterocycles. The highest BCUT2D eigenvalue weighted by Gasteiger charge is 2.64. The van der Waals surface area contributed by atoms with E-state index in [-0.39, 0.29) is 16.2 Å². The Labute approximate surface area is 234 Å². The maximum Gasteiger partial charge on any atom is 0.523 e. The summed E-state index contributed by atoms with van der Waals surface area (Å²) in [5.41, 5.74) is -1.10. The molecule has 0 bridgehead atoms. The number of rotatable bonds is 6. The van der Waals surface area contributed by atoms with Crippen LogP contribution in [0, 0.1) is 20.8 Å². The quantitative estimate of drug-likeness (QED) is 0.169. The Balaban J connectivity index is 2.26. The van der Waals surface area contributed by atoms with Gasteiger partial charge in [-0.3, -0.25) is 0 Å². The maximum absolute atomic E-state index is 16.0. The number of aryl methyl sites for hydroxylation is 2. The predicted molar refractivity (Wildman–Crippen MR) is 154 cm³/mol. The van der Waals surface area contributed by atoms with Crippen LogP contribution in [0.4, 0.5) is 13.2 Å². The van der Waals surface area contributed by atoms with Crippen LogP contribution in [0.5, 0.6) is 0 Å². The Morgan fingerprint density at radius 2 is 1.25 bits per heavy atom.